The maximum absolute atomic E-state index is 14.7. The van der Waals surface area contributed by atoms with Gasteiger partial charge in [-0.2, -0.15) is 0 Å². The molecule has 21 heteroatoms. The highest BCUT2D eigenvalue weighted by Gasteiger charge is 2.53. The molecule has 0 unspecified atom stereocenters. The van der Waals surface area contributed by atoms with Crippen molar-refractivity contribution in [2.45, 2.75) is 139 Å². The number of amides is 5. The maximum atomic E-state index is 14.7. The van der Waals surface area contributed by atoms with Gasteiger partial charge in [-0.05, 0) is 98.9 Å². The van der Waals surface area contributed by atoms with Crippen LogP contribution < -0.4 is 31.3 Å². The van der Waals surface area contributed by atoms with E-state index in [9.17, 15) is 33.5 Å². The number of anilines is 2. The number of ether oxygens (including phenoxy) is 1. The first-order valence-electron chi connectivity index (χ1n) is 26.0. The molecule has 0 radical (unpaired) electrons. The first kappa shape index (κ1) is 55.8. The number of likely N-dealkylation sites (tertiary alicyclic amines) is 2. The van der Waals surface area contributed by atoms with Crippen LogP contribution in [0.1, 0.15) is 103 Å². The van der Waals surface area contributed by atoms with Crippen LogP contribution in [0.2, 0.25) is 5.02 Å². The van der Waals surface area contributed by atoms with Gasteiger partial charge in [-0.15, -0.1) is 11.3 Å². The molecule has 0 spiro atoms. The third-order valence-corrected chi connectivity index (χ3v) is 17.5. The Hall–Kier alpha value is -5.41. The number of aliphatic hydroxyl groups excluding tert-OH is 1. The Kier molecular flexibility index (Phi) is 17.8. The zero-order valence-electron chi connectivity index (χ0n) is 43.5. The number of aliphatic hydroxyl groups is 1. The Labute approximate surface area is 451 Å². The summed E-state index contributed by atoms with van der Waals surface area (Å²) in [7, 11) is 0. The minimum Gasteiger partial charge on any atom is -0.493 e. The molecule has 5 amide bonds. The summed E-state index contributed by atoms with van der Waals surface area (Å²) in [6, 6.07) is 9.07. The van der Waals surface area contributed by atoms with Gasteiger partial charge in [0.2, 0.25) is 23.6 Å². The second-order valence-corrected chi connectivity index (χ2v) is 24.2. The number of piperidine rings is 2. The second kappa shape index (κ2) is 23.9. The van der Waals surface area contributed by atoms with E-state index in [-0.39, 0.29) is 62.4 Å². The van der Waals surface area contributed by atoms with Crippen LogP contribution in [-0.4, -0.2) is 129 Å². The molecule has 4 aromatic rings. The molecule has 75 heavy (non-hydrogen) atoms. The number of aryl methyl sites for hydroxylation is 1. The van der Waals surface area contributed by atoms with E-state index in [0.29, 0.717) is 59.2 Å². The molecule has 3 saturated heterocycles. The fourth-order valence-electron chi connectivity index (χ4n) is 9.77. The minimum absolute atomic E-state index is 0.00944. The van der Waals surface area contributed by atoms with Gasteiger partial charge in [0, 0.05) is 69.0 Å². The SMILES string of the molecule is Cc1ncsc1-c1ccc(CNC(=O)[C@@H]2C[C@@H](O)CN2C(=O)[C@@H](NC(=O)C2(F)CC2)C(C)(C)C)c(OCCC2CCN(C(=O)CCC(=O)Nc3cccc(Sc4cnc(N5CCC(C)(CN)CC5)cn4)c3Cl)CC2)c1. The van der Waals surface area contributed by atoms with E-state index in [1.54, 1.807) is 44.7 Å². The maximum Gasteiger partial charge on any atom is 0.258 e. The molecular weight excluding hydrogens is 1020 g/mol. The van der Waals surface area contributed by atoms with Crippen LogP contribution in [0.4, 0.5) is 15.9 Å². The summed E-state index contributed by atoms with van der Waals surface area (Å²) < 4.78 is 21.2. The molecular formula is C54H70ClFN10O7S2. The fourth-order valence-corrected chi connectivity index (χ4v) is 11.6. The van der Waals surface area contributed by atoms with Crippen molar-refractivity contribution in [3.63, 3.8) is 0 Å². The molecule has 2 aromatic heterocycles. The Morgan fingerprint density at radius 1 is 1.01 bits per heavy atom. The van der Waals surface area contributed by atoms with Crippen LogP contribution in [0.3, 0.4) is 0 Å². The summed E-state index contributed by atoms with van der Waals surface area (Å²) in [4.78, 5) is 87.8. The van der Waals surface area contributed by atoms with E-state index >= 15 is 0 Å². The van der Waals surface area contributed by atoms with E-state index in [4.69, 9.17) is 22.1 Å². The number of carbonyl (C=O) groups excluding carboxylic acids is 5. The van der Waals surface area contributed by atoms with E-state index in [1.165, 1.54) is 28.0 Å². The van der Waals surface area contributed by atoms with Crippen LogP contribution in [0.15, 0.2) is 64.2 Å². The van der Waals surface area contributed by atoms with Crippen molar-refractivity contribution >= 4 is 75.7 Å². The molecule has 0 bridgehead atoms. The zero-order chi connectivity index (χ0) is 53.7. The first-order valence-corrected chi connectivity index (χ1v) is 28.0. The van der Waals surface area contributed by atoms with E-state index < -0.39 is 47.0 Å². The van der Waals surface area contributed by atoms with Gasteiger partial charge in [-0.25, -0.2) is 19.3 Å². The number of halogens is 2. The van der Waals surface area contributed by atoms with Crippen molar-refractivity contribution in [1.29, 1.82) is 0 Å². The highest BCUT2D eigenvalue weighted by Crippen LogP contribution is 2.41. The molecule has 6 N–H and O–H groups in total. The fraction of sp³-hybridized carbons (Fsp3) is 0.556. The lowest BCUT2D eigenvalue weighted by Gasteiger charge is -2.39. The quantitative estimate of drug-likeness (QED) is 0.0622. The first-order chi connectivity index (χ1) is 35.7. The predicted molar refractivity (Wildman–Crippen MR) is 288 cm³/mol. The average molecular weight is 1090 g/mol. The van der Waals surface area contributed by atoms with Gasteiger partial charge in [-0.3, -0.25) is 24.0 Å². The molecule has 5 heterocycles. The summed E-state index contributed by atoms with van der Waals surface area (Å²) in [5.74, 6) is -0.551. The van der Waals surface area contributed by atoms with Gasteiger partial charge in [0.1, 0.15) is 28.7 Å². The van der Waals surface area contributed by atoms with Crippen LogP contribution in [0, 0.1) is 23.7 Å². The predicted octanol–water partition coefficient (Wildman–Crippen LogP) is 7.32. The van der Waals surface area contributed by atoms with Gasteiger partial charge in [0.15, 0.2) is 5.67 Å². The number of hydrogen-bond donors (Lipinski definition) is 5. The van der Waals surface area contributed by atoms with Crippen LogP contribution in [0.25, 0.3) is 10.4 Å². The van der Waals surface area contributed by atoms with Crippen LogP contribution in [0.5, 0.6) is 5.75 Å². The monoisotopic (exact) mass is 1090 g/mol. The molecule has 1 saturated carbocycles. The van der Waals surface area contributed by atoms with Crippen molar-refractivity contribution < 1.29 is 38.2 Å². The molecule has 4 aliphatic rings. The third-order valence-electron chi connectivity index (χ3n) is 15.0. The molecule has 8 rings (SSSR count). The normalized spacial score (nSPS) is 19.8. The molecule has 4 fully saturated rings. The largest absolute Gasteiger partial charge is 0.493 e. The topological polar surface area (TPSA) is 225 Å². The van der Waals surface area contributed by atoms with Crippen molar-refractivity contribution in [2.24, 2.45) is 22.5 Å². The Morgan fingerprint density at radius 3 is 2.41 bits per heavy atom. The van der Waals surface area contributed by atoms with Gasteiger partial charge < -0.3 is 46.2 Å². The van der Waals surface area contributed by atoms with Gasteiger partial charge in [0.25, 0.3) is 5.91 Å². The number of nitrogens with zero attached hydrogens (tertiary/aromatic N) is 6. The zero-order valence-corrected chi connectivity index (χ0v) is 45.9. The van der Waals surface area contributed by atoms with Gasteiger partial charge >= 0.3 is 0 Å². The minimum atomic E-state index is -1.98. The standard InChI is InChI=1S/C54H70ClFN10O7S2/c1-33-47(74-32-61-33)35-9-10-36(27-60-49(70)39-26-37(67)30-66(39)50(71)48(52(2,3)4)63-51(72)54(56)16-17-54)40(25-35)73-24-15-34-13-20-65(21-14-34)45(69)12-11-43(68)62-38-7-6-8-41(46(38)55)75-44-29-58-42(28-59-44)64-22-18-53(5,31-57)19-23-64/h6-10,25,28-29,32,34,37,39,48,67H,11-24,26-27,30-31,57H2,1-5H3,(H,60,70)(H,62,68)(H,63,72)/t37-,39+,48-/m1/s1. The molecule has 2 aromatic carbocycles. The van der Waals surface area contributed by atoms with Gasteiger partial charge in [-0.1, -0.05) is 69.3 Å². The van der Waals surface area contributed by atoms with Crippen molar-refractivity contribution in [1.82, 2.24) is 35.4 Å². The number of hydrogen-bond acceptors (Lipinski definition) is 14. The molecule has 3 atom stereocenters. The number of benzene rings is 2. The number of β-amino-alcohol motifs (C(OH)–C–C–N with tert-alkyl or cyclic N) is 1. The van der Waals surface area contributed by atoms with Crippen molar-refractivity contribution in [3.05, 3.63) is 70.6 Å². The molecule has 404 valence electrons. The number of alkyl halides is 1. The van der Waals surface area contributed by atoms with Crippen molar-refractivity contribution in [3.8, 4) is 16.2 Å². The Morgan fingerprint density at radius 2 is 1.76 bits per heavy atom. The highest BCUT2D eigenvalue weighted by molar-refractivity contribution is 7.99. The van der Waals surface area contributed by atoms with Crippen LogP contribution >= 0.6 is 34.7 Å². The molecule has 3 aliphatic heterocycles. The van der Waals surface area contributed by atoms with Crippen LogP contribution in [-0.2, 0) is 30.5 Å². The van der Waals surface area contributed by atoms with Crippen molar-refractivity contribution in [2.75, 3.05) is 56.1 Å². The average Bonchev–Trinajstić information content (AvgIpc) is 3.80. The summed E-state index contributed by atoms with van der Waals surface area (Å²) in [5.41, 5.74) is 8.11. The summed E-state index contributed by atoms with van der Waals surface area (Å²) in [5, 5.41) is 20.2. The number of nitrogens with one attached hydrogen (secondary N) is 3. The van der Waals surface area contributed by atoms with Gasteiger partial charge in [0.05, 0.1) is 51.9 Å². The third kappa shape index (κ3) is 14.0. The number of thiazole rings is 1. The highest BCUT2D eigenvalue weighted by atomic mass is 35.5. The number of carbonyl (C=O) groups is 5. The lowest BCUT2D eigenvalue weighted by Crippen LogP contribution is -2.59. The number of rotatable bonds is 19. The Balaban J connectivity index is 0.798. The second-order valence-electron chi connectivity index (χ2n) is 21.9. The van der Waals surface area contributed by atoms with E-state index in [2.05, 4.69) is 42.7 Å². The number of nitrogens with two attached hydrogens (primary N) is 1. The summed E-state index contributed by atoms with van der Waals surface area (Å²) in [6.45, 7) is 13.4. The summed E-state index contributed by atoms with van der Waals surface area (Å²) in [6.07, 6.45) is 7.13. The Bertz CT molecular complexity index is 2700. The lowest BCUT2D eigenvalue weighted by atomic mass is 9.80. The lowest BCUT2D eigenvalue weighted by molar-refractivity contribution is -0.145. The molecule has 17 nitrogen and oxygen atoms in total. The smallest absolute Gasteiger partial charge is 0.258 e. The van der Waals surface area contributed by atoms with E-state index in [1.807, 2.05) is 42.2 Å². The molecule has 1 aliphatic carbocycles. The summed E-state index contributed by atoms with van der Waals surface area (Å²) >= 11 is 9.65. The number of aromatic nitrogens is 3. The van der Waals surface area contributed by atoms with E-state index in [0.717, 1.165) is 72.0 Å².